The van der Waals surface area contributed by atoms with Crippen LogP contribution in [0.15, 0.2) is 18.2 Å². The van der Waals surface area contributed by atoms with Crippen LogP contribution in [0.5, 0.6) is 0 Å². The number of amides is 2. The highest BCUT2D eigenvalue weighted by Crippen LogP contribution is 2.33. The van der Waals surface area contributed by atoms with E-state index in [9.17, 15) is 19.7 Å². The second kappa shape index (κ2) is 8.96. The molecule has 29 heavy (non-hydrogen) atoms. The molecule has 0 bridgehead atoms. The van der Waals surface area contributed by atoms with Crippen LogP contribution in [0.1, 0.15) is 30.6 Å². The van der Waals surface area contributed by atoms with Gasteiger partial charge in [0.05, 0.1) is 4.92 Å². The van der Waals surface area contributed by atoms with Crippen LogP contribution in [0.2, 0.25) is 0 Å². The summed E-state index contributed by atoms with van der Waals surface area (Å²) in [4.78, 5) is 40.9. The fourth-order valence-corrected chi connectivity index (χ4v) is 3.88. The third-order valence-corrected chi connectivity index (χ3v) is 5.82. The van der Waals surface area contributed by atoms with Gasteiger partial charge in [0.15, 0.2) is 0 Å². The van der Waals surface area contributed by atoms with E-state index in [2.05, 4.69) is 0 Å². The van der Waals surface area contributed by atoms with E-state index in [1.807, 2.05) is 11.8 Å². The summed E-state index contributed by atoms with van der Waals surface area (Å²) in [5, 5.41) is 11.7. The summed E-state index contributed by atoms with van der Waals surface area (Å²) in [7, 11) is 0. The van der Waals surface area contributed by atoms with Gasteiger partial charge in [-0.2, -0.15) is 0 Å². The first-order valence-electron chi connectivity index (χ1n) is 9.52. The molecule has 0 aromatic heterocycles. The molecular formula is C19H28ClN5O4. The lowest BCUT2D eigenvalue weighted by Gasteiger charge is -2.35. The summed E-state index contributed by atoms with van der Waals surface area (Å²) in [5.41, 5.74) is 6.43. The molecule has 2 N–H and O–H groups in total. The summed E-state index contributed by atoms with van der Waals surface area (Å²) in [6.07, 6.45) is 0.829. The van der Waals surface area contributed by atoms with Crippen LogP contribution >= 0.6 is 12.4 Å². The van der Waals surface area contributed by atoms with E-state index in [-0.39, 0.29) is 35.3 Å². The summed E-state index contributed by atoms with van der Waals surface area (Å²) < 4.78 is 0. The molecule has 1 aromatic carbocycles. The number of nitrogens with two attached hydrogens (primary N) is 1. The molecule has 2 aliphatic rings. The average molecular weight is 426 g/mol. The molecule has 9 nitrogen and oxygen atoms in total. The van der Waals surface area contributed by atoms with Crippen molar-refractivity contribution in [1.82, 2.24) is 9.80 Å². The molecule has 10 heteroatoms. The van der Waals surface area contributed by atoms with Crippen LogP contribution < -0.4 is 10.6 Å². The molecular weight excluding hydrogens is 398 g/mol. The number of nitro groups is 1. The fraction of sp³-hybridized carbons (Fsp3) is 0.579. The maximum Gasteiger partial charge on any atom is 0.293 e. The molecule has 0 saturated carbocycles. The Balaban J connectivity index is 0.00000300. The van der Waals surface area contributed by atoms with Gasteiger partial charge in [-0.15, -0.1) is 12.4 Å². The van der Waals surface area contributed by atoms with Gasteiger partial charge in [-0.05, 0) is 30.5 Å². The second-order valence-electron chi connectivity index (χ2n) is 7.95. The molecule has 1 unspecified atom stereocenters. The minimum atomic E-state index is -0.447. The first-order chi connectivity index (χ1) is 13.2. The van der Waals surface area contributed by atoms with Crippen molar-refractivity contribution >= 4 is 35.6 Å². The van der Waals surface area contributed by atoms with Crippen molar-refractivity contribution < 1.29 is 14.5 Å². The molecule has 2 fully saturated rings. The monoisotopic (exact) mass is 425 g/mol. The van der Waals surface area contributed by atoms with Gasteiger partial charge in [0.2, 0.25) is 5.91 Å². The highest BCUT2D eigenvalue weighted by atomic mass is 35.5. The zero-order valence-corrected chi connectivity index (χ0v) is 17.6. The van der Waals surface area contributed by atoms with Crippen molar-refractivity contribution in [2.75, 3.05) is 50.7 Å². The second-order valence-corrected chi connectivity index (χ2v) is 7.95. The standard InChI is InChI=1S/C19H27N5O4.ClH/c1-14(25)21-7-9-22(10-8-21)16-4-3-15(11-17(16)24(27)28)18(26)23-6-5-19(2,12-20)13-23;/h3-4,11H,5-10,12-13,20H2,1-2H3;1H. The zero-order chi connectivity index (χ0) is 20.5. The maximum absolute atomic E-state index is 12.8. The lowest BCUT2D eigenvalue weighted by molar-refractivity contribution is -0.384. The van der Waals surface area contributed by atoms with Crippen LogP contribution in [0.3, 0.4) is 0 Å². The minimum Gasteiger partial charge on any atom is -0.362 e. The highest BCUT2D eigenvalue weighted by molar-refractivity contribution is 5.96. The predicted molar refractivity (Wildman–Crippen MR) is 112 cm³/mol. The van der Waals surface area contributed by atoms with E-state index in [0.29, 0.717) is 57.1 Å². The number of nitro benzene ring substituents is 1. The Morgan fingerprint density at radius 1 is 1.17 bits per heavy atom. The van der Waals surface area contributed by atoms with E-state index in [1.165, 1.54) is 13.0 Å². The molecule has 2 amide bonds. The van der Waals surface area contributed by atoms with Gasteiger partial charge in [0.1, 0.15) is 5.69 Å². The van der Waals surface area contributed by atoms with Crippen LogP contribution in [0.4, 0.5) is 11.4 Å². The molecule has 2 saturated heterocycles. The number of likely N-dealkylation sites (tertiary alicyclic amines) is 1. The number of anilines is 1. The molecule has 160 valence electrons. The Morgan fingerprint density at radius 3 is 2.34 bits per heavy atom. The third-order valence-electron chi connectivity index (χ3n) is 5.82. The van der Waals surface area contributed by atoms with E-state index >= 15 is 0 Å². The van der Waals surface area contributed by atoms with Crippen molar-refractivity contribution in [1.29, 1.82) is 0 Å². The number of nitrogens with zero attached hydrogens (tertiary/aromatic N) is 4. The van der Waals surface area contributed by atoms with E-state index in [1.54, 1.807) is 21.9 Å². The Hall–Kier alpha value is -2.39. The van der Waals surface area contributed by atoms with Gasteiger partial charge in [-0.1, -0.05) is 6.92 Å². The zero-order valence-electron chi connectivity index (χ0n) is 16.8. The van der Waals surface area contributed by atoms with E-state index < -0.39 is 4.92 Å². The van der Waals surface area contributed by atoms with Crippen molar-refractivity contribution in [3.8, 4) is 0 Å². The number of hydrogen-bond acceptors (Lipinski definition) is 6. The van der Waals surface area contributed by atoms with Crippen LogP contribution in [0.25, 0.3) is 0 Å². The Kier molecular flexibility index (Phi) is 7.07. The third kappa shape index (κ3) is 4.79. The van der Waals surface area contributed by atoms with Gasteiger partial charge < -0.3 is 20.4 Å². The predicted octanol–water partition coefficient (Wildman–Crippen LogP) is 1.50. The molecule has 0 aliphatic carbocycles. The molecule has 0 spiro atoms. The molecule has 3 rings (SSSR count). The number of hydrogen-bond donors (Lipinski definition) is 1. The Bertz CT molecular complexity index is 797. The summed E-state index contributed by atoms with van der Waals surface area (Å²) in [6.45, 7) is 7.34. The molecule has 2 aliphatic heterocycles. The first-order valence-corrected chi connectivity index (χ1v) is 9.52. The van der Waals surface area contributed by atoms with Crippen LogP contribution in [-0.2, 0) is 4.79 Å². The number of benzene rings is 1. The van der Waals surface area contributed by atoms with E-state index in [4.69, 9.17) is 5.73 Å². The largest absolute Gasteiger partial charge is 0.362 e. The summed E-state index contributed by atoms with van der Waals surface area (Å²) in [5.74, 6) is -0.196. The van der Waals surface area contributed by atoms with Gasteiger partial charge in [-0.3, -0.25) is 19.7 Å². The van der Waals surface area contributed by atoms with Gasteiger partial charge in [0.25, 0.3) is 11.6 Å². The number of carbonyl (C=O) groups is 2. The molecule has 1 atom stereocenters. The number of piperazine rings is 1. The molecule has 1 aromatic rings. The van der Waals surface area contributed by atoms with Crippen molar-refractivity contribution in [3.63, 3.8) is 0 Å². The SMILES string of the molecule is CC(=O)N1CCN(c2ccc(C(=O)N3CCC(C)(CN)C3)cc2[N+](=O)[O-])CC1.Cl. The first kappa shape index (κ1) is 22.9. The number of carbonyl (C=O) groups excluding carboxylic acids is 2. The summed E-state index contributed by atoms with van der Waals surface area (Å²) in [6, 6.07) is 4.67. The lowest BCUT2D eigenvalue weighted by Crippen LogP contribution is -2.48. The minimum absolute atomic E-state index is 0. The quantitative estimate of drug-likeness (QED) is 0.577. The van der Waals surface area contributed by atoms with Crippen LogP contribution in [0, 0.1) is 15.5 Å². The van der Waals surface area contributed by atoms with Gasteiger partial charge in [0, 0.05) is 57.8 Å². The maximum atomic E-state index is 12.8. The average Bonchev–Trinajstić information content (AvgIpc) is 3.10. The van der Waals surface area contributed by atoms with Gasteiger partial charge in [-0.25, -0.2) is 0 Å². The Labute approximate surface area is 176 Å². The van der Waals surface area contributed by atoms with Crippen molar-refractivity contribution in [2.24, 2.45) is 11.1 Å². The lowest BCUT2D eigenvalue weighted by atomic mass is 9.90. The summed E-state index contributed by atoms with van der Waals surface area (Å²) >= 11 is 0. The Morgan fingerprint density at radius 2 is 1.83 bits per heavy atom. The molecule has 2 heterocycles. The van der Waals surface area contributed by atoms with Gasteiger partial charge >= 0.3 is 0 Å². The van der Waals surface area contributed by atoms with Crippen LogP contribution in [-0.4, -0.2) is 72.4 Å². The topological polar surface area (TPSA) is 113 Å². The van der Waals surface area contributed by atoms with E-state index in [0.717, 1.165) is 6.42 Å². The number of halogens is 1. The highest BCUT2D eigenvalue weighted by Gasteiger charge is 2.36. The smallest absolute Gasteiger partial charge is 0.293 e. The molecule has 0 radical (unpaired) electrons. The number of rotatable bonds is 4. The van der Waals surface area contributed by atoms with Crippen molar-refractivity contribution in [3.05, 3.63) is 33.9 Å². The van der Waals surface area contributed by atoms with Crippen molar-refractivity contribution in [2.45, 2.75) is 20.3 Å². The fourth-order valence-electron chi connectivity index (χ4n) is 3.88. The normalized spacial score (nSPS) is 21.7.